The number of aromatic nitrogens is 5. The summed E-state index contributed by atoms with van der Waals surface area (Å²) in [7, 11) is 3.66. The zero-order chi connectivity index (χ0) is 23.0. The Kier molecular flexibility index (Phi) is 5.31. The molecule has 4 aromatic rings. The van der Waals surface area contributed by atoms with E-state index in [-0.39, 0.29) is 17.8 Å². The monoisotopic (exact) mass is 435 g/mol. The van der Waals surface area contributed by atoms with Crippen molar-refractivity contribution >= 4 is 28.2 Å². The van der Waals surface area contributed by atoms with E-state index in [0.29, 0.717) is 11.3 Å². The van der Waals surface area contributed by atoms with Crippen LogP contribution in [0.5, 0.6) is 0 Å². The predicted molar refractivity (Wildman–Crippen MR) is 118 cm³/mol. The molecule has 11 heteroatoms. The molecule has 0 saturated heterocycles. The third-order valence-corrected chi connectivity index (χ3v) is 5.10. The fourth-order valence-corrected chi connectivity index (χ4v) is 3.69. The van der Waals surface area contributed by atoms with Gasteiger partial charge in [-0.05, 0) is 19.1 Å². The molecule has 0 saturated carbocycles. The molecule has 3 heterocycles. The van der Waals surface area contributed by atoms with E-state index in [1.165, 1.54) is 12.3 Å². The molecule has 4 rings (SSSR count). The highest BCUT2D eigenvalue weighted by Crippen LogP contribution is 2.37. The van der Waals surface area contributed by atoms with Crippen LogP contribution in [0, 0.1) is 10.1 Å². The number of carbonyl (C=O) groups is 1. The summed E-state index contributed by atoms with van der Waals surface area (Å²) < 4.78 is 3.45. The van der Waals surface area contributed by atoms with E-state index in [4.69, 9.17) is 5.11 Å². The molecule has 11 nitrogen and oxygen atoms in total. The van der Waals surface area contributed by atoms with Crippen molar-refractivity contribution in [3.05, 3.63) is 53.0 Å². The molecule has 0 aliphatic carbocycles. The molecule has 0 amide bonds. The minimum atomic E-state index is -1.00. The minimum Gasteiger partial charge on any atom is -0.481 e. The van der Waals surface area contributed by atoms with E-state index in [0.717, 1.165) is 22.2 Å². The maximum atomic E-state index is 11.7. The molecule has 0 radical (unpaired) electrons. The van der Waals surface area contributed by atoms with Crippen LogP contribution in [-0.2, 0) is 18.9 Å². The summed E-state index contributed by atoms with van der Waals surface area (Å²) in [4.78, 5) is 26.6. The van der Waals surface area contributed by atoms with Gasteiger partial charge in [0.15, 0.2) is 0 Å². The maximum Gasteiger partial charge on any atom is 0.305 e. The van der Waals surface area contributed by atoms with Gasteiger partial charge in [-0.3, -0.25) is 29.3 Å². The molecule has 3 aromatic heterocycles. The Morgan fingerprint density at radius 2 is 2.03 bits per heavy atom. The van der Waals surface area contributed by atoms with Crippen LogP contribution in [0.2, 0.25) is 0 Å². The van der Waals surface area contributed by atoms with Crippen LogP contribution in [0.4, 0.5) is 11.4 Å². The number of rotatable bonds is 7. The highest BCUT2D eigenvalue weighted by atomic mass is 16.6. The fraction of sp³-hybridized carbons (Fsp3) is 0.238. The van der Waals surface area contributed by atoms with E-state index in [9.17, 15) is 14.9 Å². The molecule has 1 aromatic carbocycles. The van der Waals surface area contributed by atoms with Gasteiger partial charge in [0.25, 0.3) is 5.69 Å². The van der Waals surface area contributed by atoms with Crippen LogP contribution < -0.4 is 5.32 Å². The van der Waals surface area contributed by atoms with Crippen molar-refractivity contribution in [1.82, 2.24) is 24.5 Å². The Balaban J connectivity index is 1.87. The van der Waals surface area contributed by atoms with Crippen molar-refractivity contribution in [1.29, 1.82) is 0 Å². The van der Waals surface area contributed by atoms with Gasteiger partial charge in [0.05, 0.1) is 23.1 Å². The number of anilines is 1. The van der Waals surface area contributed by atoms with Crippen molar-refractivity contribution in [3.8, 4) is 22.5 Å². The smallest absolute Gasteiger partial charge is 0.305 e. The number of benzene rings is 1. The van der Waals surface area contributed by atoms with Gasteiger partial charge in [-0.25, -0.2) is 0 Å². The second-order valence-electron chi connectivity index (χ2n) is 7.56. The summed E-state index contributed by atoms with van der Waals surface area (Å²) >= 11 is 0. The number of nitro groups is 1. The Labute approximate surface area is 182 Å². The number of carboxylic acids is 1. The van der Waals surface area contributed by atoms with E-state index >= 15 is 0 Å². The molecule has 164 valence electrons. The standard InChI is InChI=1S/C21H21N7O4/c1-12(8-18(29)30)24-21-17(28(31)32)6-7-22-20(21)13-4-5-16-15(9-13)19(25-27(16)3)14-10-23-26(2)11-14/h4-7,9-12,24H,8H2,1-3H3,(H,29,30). The number of fused-ring (bicyclic) bond motifs is 1. The molecule has 1 unspecified atom stereocenters. The van der Waals surface area contributed by atoms with Crippen molar-refractivity contribution in [2.45, 2.75) is 19.4 Å². The Hall–Kier alpha value is -4.28. The summed E-state index contributed by atoms with van der Waals surface area (Å²) in [6, 6.07) is 6.33. The molecule has 32 heavy (non-hydrogen) atoms. The van der Waals surface area contributed by atoms with Crippen LogP contribution in [-0.4, -0.2) is 46.6 Å². The van der Waals surface area contributed by atoms with E-state index < -0.39 is 16.9 Å². The van der Waals surface area contributed by atoms with Gasteiger partial charge in [0.2, 0.25) is 0 Å². The lowest BCUT2D eigenvalue weighted by atomic mass is 10.0. The van der Waals surface area contributed by atoms with E-state index in [1.807, 2.05) is 38.5 Å². The first-order valence-corrected chi connectivity index (χ1v) is 9.82. The molecule has 0 spiro atoms. The average molecular weight is 435 g/mol. The number of aryl methyl sites for hydroxylation is 2. The van der Waals surface area contributed by atoms with E-state index in [1.54, 1.807) is 22.5 Å². The van der Waals surface area contributed by atoms with Gasteiger partial charge < -0.3 is 10.4 Å². The molecule has 0 fully saturated rings. The van der Waals surface area contributed by atoms with Crippen LogP contribution in [0.3, 0.4) is 0 Å². The van der Waals surface area contributed by atoms with Crippen molar-refractivity contribution in [3.63, 3.8) is 0 Å². The van der Waals surface area contributed by atoms with Crippen LogP contribution >= 0.6 is 0 Å². The summed E-state index contributed by atoms with van der Waals surface area (Å²) in [5, 5.41) is 33.4. The predicted octanol–water partition coefficient (Wildman–Crippen LogP) is 3.22. The highest BCUT2D eigenvalue weighted by molar-refractivity contribution is 5.97. The second kappa shape index (κ2) is 8.10. The topological polar surface area (TPSA) is 141 Å². The fourth-order valence-electron chi connectivity index (χ4n) is 3.69. The quantitative estimate of drug-likeness (QED) is 0.333. The molecule has 1 atom stereocenters. The molecule has 0 aliphatic heterocycles. The Morgan fingerprint density at radius 1 is 1.25 bits per heavy atom. The number of nitrogens with zero attached hydrogens (tertiary/aromatic N) is 6. The first-order valence-electron chi connectivity index (χ1n) is 9.82. The summed E-state index contributed by atoms with van der Waals surface area (Å²) in [6.07, 6.45) is 4.76. The number of pyridine rings is 1. The van der Waals surface area contributed by atoms with Crippen LogP contribution in [0.15, 0.2) is 42.9 Å². The number of nitrogens with one attached hydrogen (secondary N) is 1. The highest BCUT2D eigenvalue weighted by Gasteiger charge is 2.23. The van der Waals surface area contributed by atoms with Gasteiger partial charge in [-0.15, -0.1) is 0 Å². The maximum absolute atomic E-state index is 11.7. The van der Waals surface area contributed by atoms with Crippen molar-refractivity contribution in [2.24, 2.45) is 14.1 Å². The zero-order valence-corrected chi connectivity index (χ0v) is 17.7. The second-order valence-corrected chi connectivity index (χ2v) is 7.56. The first kappa shape index (κ1) is 21.0. The summed E-state index contributed by atoms with van der Waals surface area (Å²) in [5.74, 6) is -1.00. The van der Waals surface area contributed by atoms with Crippen molar-refractivity contribution in [2.75, 3.05) is 5.32 Å². The number of hydrogen-bond acceptors (Lipinski definition) is 7. The lowest BCUT2D eigenvalue weighted by molar-refractivity contribution is -0.384. The van der Waals surface area contributed by atoms with Gasteiger partial charge in [-0.1, -0.05) is 6.07 Å². The third-order valence-electron chi connectivity index (χ3n) is 5.10. The molecule has 2 N–H and O–H groups in total. The van der Waals surface area contributed by atoms with Crippen LogP contribution in [0.25, 0.3) is 33.4 Å². The number of carboxylic acid groups (broad SMARTS) is 1. The molecular formula is C21H21N7O4. The number of hydrogen-bond donors (Lipinski definition) is 2. The lowest BCUT2D eigenvalue weighted by Gasteiger charge is -2.16. The van der Waals surface area contributed by atoms with Gasteiger partial charge in [0, 0.05) is 55.1 Å². The minimum absolute atomic E-state index is 0.175. The van der Waals surface area contributed by atoms with Crippen molar-refractivity contribution < 1.29 is 14.8 Å². The molecular weight excluding hydrogens is 414 g/mol. The first-order chi connectivity index (χ1) is 15.2. The van der Waals surface area contributed by atoms with Crippen LogP contribution in [0.1, 0.15) is 13.3 Å². The Bertz CT molecular complexity index is 1340. The average Bonchev–Trinajstić information content (AvgIpc) is 3.30. The van der Waals surface area contributed by atoms with Gasteiger partial charge >= 0.3 is 5.97 Å². The lowest BCUT2D eigenvalue weighted by Crippen LogP contribution is -2.20. The largest absolute Gasteiger partial charge is 0.481 e. The third kappa shape index (κ3) is 3.87. The molecule has 0 bridgehead atoms. The molecule has 0 aliphatic rings. The van der Waals surface area contributed by atoms with Gasteiger partial charge in [-0.2, -0.15) is 10.2 Å². The normalized spacial score (nSPS) is 12.1. The Morgan fingerprint density at radius 3 is 2.69 bits per heavy atom. The zero-order valence-electron chi connectivity index (χ0n) is 17.7. The summed E-state index contributed by atoms with van der Waals surface area (Å²) in [5.41, 5.74) is 3.46. The summed E-state index contributed by atoms with van der Waals surface area (Å²) in [6.45, 7) is 1.65. The SMILES string of the molecule is CC(CC(=O)O)Nc1c([N+](=O)[O-])ccnc1-c1ccc2c(c1)c(-c1cnn(C)c1)nn2C. The van der Waals surface area contributed by atoms with Gasteiger partial charge in [0.1, 0.15) is 17.1 Å². The number of aliphatic carboxylic acids is 1. The van der Waals surface area contributed by atoms with E-state index in [2.05, 4.69) is 20.5 Å².